The number of carbonyl (C=O) groups excluding carboxylic acids is 2. The SMILES string of the molecule is CCc1ccccc1NC(=O)c1csc(NC(=O)Nc2cccc(C)c2)n1. The zero-order valence-corrected chi connectivity index (χ0v) is 15.9. The molecule has 0 saturated carbocycles. The van der Waals surface area contributed by atoms with Gasteiger partial charge in [-0.25, -0.2) is 9.78 Å². The number of hydrogen-bond acceptors (Lipinski definition) is 4. The summed E-state index contributed by atoms with van der Waals surface area (Å²) in [4.78, 5) is 28.7. The highest BCUT2D eigenvalue weighted by atomic mass is 32.1. The fraction of sp³-hybridized carbons (Fsp3) is 0.150. The van der Waals surface area contributed by atoms with Gasteiger partial charge in [-0.1, -0.05) is 37.3 Å². The lowest BCUT2D eigenvalue weighted by Gasteiger charge is -2.08. The number of hydrogen-bond donors (Lipinski definition) is 3. The Balaban J connectivity index is 1.62. The van der Waals surface area contributed by atoms with Gasteiger partial charge < -0.3 is 10.6 Å². The number of amides is 3. The van der Waals surface area contributed by atoms with E-state index in [0.717, 1.165) is 23.2 Å². The first-order valence-electron chi connectivity index (χ1n) is 8.54. The molecule has 3 rings (SSSR count). The summed E-state index contributed by atoms with van der Waals surface area (Å²) >= 11 is 1.20. The van der Waals surface area contributed by atoms with E-state index in [1.807, 2.05) is 56.3 Å². The van der Waals surface area contributed by atoms with Crippen molar-refractivity contribution < 1.29 is 9.59 Å². The molecule has 3 aromatic rings. The Morgan fingerprint density at radius 1 is 1.04 bits per heavy atom. The Hall–Kier alpha value is -3.19. The first kappa shape index (κ1) is 18.6. The van der Waals surface area contributed by atoms with Crippen LogP contribution < -0.4 is 16.0 Å². The van der Waals surface area contributed by atoms with Crippen molar-refractivity contribution in [2.75, 3.05) is 16.0 Å². The van der Waals surface area contributed by atoms with Gasteiger partial charge >= 0.3 is 6.03 Å². The molecule has 1 aromatic heterocycles. The topological polar surface area (TPSA) is 83.1 Å². The van der Waals surface area contributed by atoms with Crippen LogP contribution in [0.25, 0.3) is 0 Å². The molecule has 3 amide bonds. The number of anilines is 3. The van der Waals surface area contributed by atoms with Crippen molar-refractivity contribution in [2.45, 2.75) is 20.3 Å². The van der Waals surface area contributed by atoms with Gasteiger partial charge in [-0.15, -0.1) is 11.3 Å². The maximum atomic E-state index is 12.4. The third-order valence-corrected chi connectivity index (χ3v) is 4.64. The first-order chi connectivity index (χ1) is 13.0. The van der Waals surface area contributed by atoms with Crippen LogP contribution in [0.1, 0.15) is 28.5 Å². The van der Waals surface area contributed by atoms with Gasteiger partial charge in [0.2, 0.25) is 0 Å². The van der Waals surface area contributed by atoms with Crippen LogP contribution in [-0.2, 0) is 6.42 Å². The number of para-hydroxylation sites is 1. The zero-order valence-electron chi connectivity index (χ0n) is 15.1. The number of aryl methyl sites for hydroxylation is 2. The van der Waals surface area contributed by atoms with E-state index in [4.69, 9.17) is 0 Å². The maximum absolute atomic E-state index is 12.4. The van der Waals surface area contributed by atoms with Crippen molar-refractivity contribution >= 4 is 39.8 Å². The molecule has 1 heterocycles. The standard InChI is InChI=1S/C20H20N4O2S/c1-3-14-8-4-5-10-16(14)22-18(25)17-12-27-20(23-17)24-19(26)21-15-9-6-7-13(2)11-15/h4-12H,3H2,1-2H3,(H,22,25)(H2,21,23,24,26). The number of benzene rings is 2. The predicted molar refractivity (Wildman–Crippen MR) is 110 cm³/mol. The summed E-state index contributed by atoms with van der Waals surface area (Å²) in [7, 11) is 0. The fourth-order valence-corrected chi connectivity index (χ4v) is 3.24. The average molecular weight is 380 g/mol. The molecule has 0 spiro atoms. The molecule has 0 radical (unpaired) electrons. The number of urea groups is 1. The van der Waals surface area contributed by atoms with E-state index in [9.17, 15) is 9.59 Å². The molecule has 0 aliphatic carbocycles. The van der Waals surface area contributed by atoms with Crippen LogP contribution in [0.4, 0.5) is 21.3 Å². The largest absolute Gasteiger partial charge is 0.325 e. The van der Waals surface area contributed by atoms with Gasteiger partial charge in [0.05, 0.1) is 0 Å². The molecule has 2 aromatic carbocycles. The summed E-state index contributed by atoms with van der Waals surface area (Å²) < 4.78 is 0. The number of rotatable bonds is 5. The van der Waals surface area contributed by atoms with E-state index in [0.29, 0.717) is 10.8 Å². The Kier molecular flexibility index (Phi) is 5.83. The highest BCUT2D eigenvalue weighted by molar-refractivity contribution is 7.14. The fourth-order valence-electron chi connectivity index (χ4n) is 2.55. The highest BCUT2D eigenvalue weighted by Gasteiger charge is 2.14. The number of nitrogens with zero attached hydrogens (tertiary/aromatic N) is 1. The first-order valence-corrected chi connectivity index (χ1v) is 9.42. The number of nitrogens with one attached hydrogen (secondary N) is 3. The summed E-state index contributed by atoms with van der Waals surface area (Å²) in [6, 6.07) is 14.7. The lowest BCUT2D eigenvalue weighted by Crippen LogP contribution is -2.19. The monoisotopic (exact) mass is 380 g/mol. The summed E-state index contributed by atoms with van der Waals surface area (Å²) in [6.07, 6.45) is 0.819. The third kappa shape index (κ3) is 4.92. The number of carbonyl (C=O) groups is 2. The minimum atomic E-state index is -0.404. The van der Waals surface area contributed by atoms with Gasteiger partial charge in [0.1, 0.15) is 5.69 Å². The quantitative estimate of drug-likeness (QED) is 0.588. The molecule has 3 N–H and O–H groups in total. The second-order valence-electron chi connectivity index (χ2n) is 5.95. The van der Waals surface area contributed by atoms with Crippen molar-refractivity contribution in [3.8, 4) is 0 Å². The molecule has 7 heteroatoms. The molecule has 138 valence electrons. The van der Waals surface area contributed by atoms with Crippen LogP contribution in [0.3, 0.4) is 0 Å². The summed E-state index contributed by atoms with van der Waals surface area (Å²) in [5.41, 5.74) is 3.82. The molecule has 0 bridgehead atoms. The molecule has 0 aliphatic heterocycles. The van der Waals surface area contributed by atoms with Crippen molar-refractivity contribution in [2.24, 2.45) is 0 Å². The van der Waals surface area contributed by atoms with Gasteiger partial charge in [0.25, 0.3) is 5.91 Å². The summed E-state index contributed by atoms with van der Waals surface area (Å²) in [6.45, 7) is 3.98. The van der Waals surface area contributed by atoms with Gasteiger partial charge in [0.15, 0.2) is 5.13 Å². The summed E-state index contributed by atoms with van der Waals surface area (Å²) in [5.74, 6) is -0.306. The zero-order chi connectivity index (χ0) is 19.2. The van der Waals surface area contributed by atoms with Gasteiger partial charge in [0, 0.05) is 16.8 Å². The lowest BCUT2D eigenvalue weighted by molar-refractivity contribution is 0.102. The molecule has 27 heavy (non-hydrogen) atoms. The van der Waals surface area contributed by atoms with Gasteiger partial charge in [-0.3, -0.25) is 10.1 Å². The van der Waals surface area contributed by atoms with Crippen LogP contribution in [0, 0.1) is 6.92 Å². The molecule has 0 unspecified atom stereocenters. The third-order valence-electron chi connectivity index (χ3n) is 3.88. The maximum Gasteiger partial charge on any atom is 0.325 e. The Morgan fingerprint density at radius 3 is 2.63 bits per heavy atom. The van der Waals surface area contributed by atoms with E-state index in [1.165, 1.54) is 11.3 Å². The van der Waals surface area contributed by atoms with Crippen LogP contribution in [0.5, 0.6) is 0 Å². The van der Waals surface area contributed by atoms with Crippen LogP contribution in [0.15, 0.2) is 53.9 Å². The number of thiazole rings is 1. The van der Waals surface area contributed by atoms with E-state index < -0.39 is 6.03 Å². The van der Waals surface area contributed by atoms with Gasteiger partial charge in [-0.2, -0.15) is 0 Å². The molecular formula is C20H20N4O2S. The second kappa shape index (κ2) is 8.46. The van der Waals surface area contributed by atoms with E-state index in [-0.39, 0.29) is 11.6 Å². The Labute approximate surface area is 161 Å². The number of aromatic nitrogens is 1. The van der Waals surface area contributed by atoms with Crippen molar-refractivity contribution in [3.63, 3.8) is 0 Å². The minimum Gasteiger partial charge on any atom is -0.320 e. The van der Waals surface area contributed by atoms with Crippen molar-refractivity contribution in [1.82, 2.24) is 4.98 Å². The minimum absolute atomic E-state index is 0.261. The van der Waals surface area contributed by atoms with Crippen LogP contribution in [0.2, 0.25) is 0 Å². The smallest absolute Gasteiger partial charge is 0.320 e. The lowest BCUT2D eigenvalue weighted by atomic mass is 10.1. The van der Waals surface area contributed by atoms with Gasteiger partial charge in [-0.05, 0) is 42.7 Å². The molecule has 0 aliphatic rings. The normalized spacial score (nSPS) is 10.3. The highest BCUT2D eigenvalue weighted by Crippen LogP contribution is 2.20. The van der Waals surface area contributed by atoms with E-state index in [1.54, 1.807) is 11.4 Å². The van der Waals surface area contributed by atoms with E-state index >= 15 is 0 Å². The predicted octanol–water partition coefficient (Wildman–Crippen LogP) is 4.91. The summed E-state index contributed by atoms with van der Waals surface area (Å²) in [5, 5.41) is 10.2. The molecule has 6 nitrogen and oxygen atoms in total. The van der Waals surface area contributed by atoms with Crippen molar-refractivity contribution in [1.29, 1.82) is 0 Å². The second-order valence-corrected chi connectivity index (χ2v) is 6.81. The van der Waals surface area contributed by atoms with E-state index in [2.05, 4.69) is 20.9 Å². The molecular weight excluding hydrogens is 360 g/mol. The van der Waals surface area contributed by atoms with Crippen LogP contribution in [-0.4, -0.2) is 16.9 Å². The average Bonchev–Trinajstić information content (AvgIpc) is 3.10. The Bertz CT molecular complexity index is 968. The van der Waals surface area contributed by atoms with Crippen LogP contribution >= 0.6 is 11.3 Å². The Morgan fingerprint density at radius 2 is 1.85 bits per heavy atom. The molecule has 0 atom stereocenters. The molecule has 0 fully saturated rings. The van der Waals surface area contributed by atoms with Crippen molar-refractivity contribution in [3.05, 3.63) is 70.7 Å². The molecule has 0 saturated heterocycles.